The fourth-order valence-electron chi connectivity index (χ4n) is 2.89. The van der Waals surface area contributed by atoms with Crippen LogP contribution in [0.5, 0.6) is 5.75 Å². The lowest BCUT2D eigenvalue weighted by Gasteiger charge is -2.15. The molecule has 0 aliphatic heterocycles. The first kappa shape index (κ1) is 20.7. The van der Waals surface area contributed by atoms with Crippen LogP contribution >= 0.6 is 0 Å². The topological polar surface area (TPSA) is 104 Å². The Hall–Kier alpha value is -3.04. The van der Waals surface area contributed by atoms with Crippen LogP contribution in [0.3, 0.4) is 0 Å². The molecule has 0 fully saturated rings. The molecule has 0 spiro atoms. The quantitative estimate of drug-likeness (QED) is 0.617. The van der Waals surface area contributed by atoms with E-state index in [9.17, 15) is 17.6 Å². The molecule has 0 unspecified atom stereocenters. The van der Waals surface area contributed by atoms with Gasteiger partial charge in [0.05, 0.1) is 18.5 Å². The second kappa shape index (κ2) is 8.14. The van der Waals surface area contributed by atoms with Crippen molar-refractivity contribution in [3.8, 4) is 17.0 Å². The summed E-state index contributed by atoms with van der Waals surface area (Å²) in [6.45, 7) is 1.62. The normalized spacial score (nSPS) is 11.4. The zero-order valence-corrected chi connectivity index (χ0v) is 16.7. The van der Waals surface area contributed by atoms with Gasteiger partial charge in [-0.2, -0.15) is 13.5 Å². The third-order valence-corrected chi connectivity index (χ3v) is 4.76. The van der Waals surface area contributed by atoms with Crippen LogP contribution in [0.25, 0.3) is 11.3 Å². The van der Waals surface area contributed by atoms with Gasteiger partial charge in [0.1, 0.15) is 5.82 Å². The number of hydrogen-bond donors (Lipinski definition) is 1. The number of benzene rings is 2. The van der Waals surface area contributed by atoms with Gasteiger partial charge >= 0.3 is 15.7 Å². The van der Waals surface area contributed by atoms with Crippen LogP contribution in [-0.2, 0) is 23.2 Å². The summed E-state index contributed by atoms with van der Waals surface area (Å²) in [7, 11) is -3.95. The molecule has 9 heteroatoms. The molecule has 0 atom stereocenters. The van der Waals surface area contributed by atoms with Gasteiger partial charge in [-0.05, 0) is 30.7 Å². The van der Waals surface area contributed by atoms with E-state index in [4.69, 9.17) is 9.92 Å². The van der Waals surface area contributed by atoms with E-state index >= 15 is 0 Å². The Bertz CT molecular complexity index is 1210. The summed E-state index contributed by atoms with van der Waals surface area (Å²) in [4.78, 5) is 12.9. The summed E-state index contributed by atoms with van der Waals surface area (Å²) in [5, 5.41) is 4.40. The van der Waals surface area contributed by atoms with Crippen molar-refractivity contribution in [3.05, 3.63) is 81.4 Å². The van der Waals surface area contributed by atoms with Gasteiger partial charge in [0.25, 0.3) is 0 Å². The van der Waals surface area contributed by atoms with Gasteiger partial charge in [-0.1, -0.05) is 30.3 Å². The van der Waals surface area contributed by atoms with E-state index in [0.29, 0.717) is 11.3 Å². The zero-order chi connectivity index (χ0) is 21.2. The van der Waals surface area contributed by atoms with Crippen molar-refractivity contribution in [2.75, 3.05) is 6.26 Å². The van der Waals surface area contributed by atoms with Gasteiger partial charge in [-0.3, -0.25) is 4.79 Å². The minimum atomic E-state index is -3.95. The standard InChI is InChI=1S/C20H20FN3O4S/c1-13-18(15-8-9-17(21)16(10-15)11-22)23-24(12-14-6-4-3-5-7-14)20(25)19(13)28-29(2,26)27/h3-10H,11-12,22H2,1-2H3. The Morgan fingerprint density at radius 1 is 1.17 bits per heavy atom. The lowest BCUT2D eigenvalue weighted by atomic mass is 10.0. The Morgan fingerprint density at radius 3 is 2.48 bits per heavy atom. The molecule has 29 heavy (non-hydrogen) atoms. The second-order valence-corrected chi connectivity index (χ2v) is 8.12. The summed E-state index contributed by atoms with van der Waals surface area (Å²) in [6.07, 6.45) is 0.859. The van der Waals surface area contributed by atoms with Crippen LogP contribution in [-0.4, -0.2) is 24.5 Å². The van der Waals surface area contributed by atoms with Gasteiger partial charge in [-0.15, -0.1) is 0 Å². The molecule has 0 aliphatic rings. The smallest absolute Gasteiger partial charge is 0.311 e. The summed E-state index contributed by atoms with van der Waals surface area (Å²) < 4.78 is 43.4. The van der Waals surface area contributed by atoms with E-state index < -0.39 is 21.5 Å². The monoisotopic (exact) mass is 417 g/mol. The molecule has 3 rings (SSSR count). The summed E-state index contributed by atoms with van der Waals surface area (Å²) in [5.41, 5.74) is 7.00. The lowest BCUT2D eigenvalue weighted by Crippen LogP contribution is -2.28. The highest BCUT2D eigenvalue weighted by Gasteiger charge is 2.21. The molecule has 0 bridgehead atoms. The number of hydrogen-bond acceptors (Lipinski definition) is 6. The molecule has 0 amide bonds. The molecule has 0 radical (unpaired) electrons. The molecular weight excluding hydrogens is 397 g/mol. The third-order valence-electron chi connectivity index (χ3n) is 4.29. The summed E-state index contributed by atoms with van der Waals surface area (Å²) >= 11 is 0. The Morgan fingerprint density at radius 2 is 1.86 bits per heavy atom. The maximum atomic E-state index is 13.9. The molecule has 0 saturated heterocycles. The van der Waals surface area contributed by atoms with Crippen LogP contribution in [0.1, 0.15) is 16.7 Å². The highest BCUT2D eigenvalue weighted by atomic mass is 32.2. The Kier molecular flexibility index (Phi) is 5.81. The minimum Gasteiger partial charge on any atom is -0.376 e. The predicted molar refractivity (Wildman–Crippen MR) is 108 cm³/mol. The van der Waals surface area contributed by atoms with Crippen LogP contribution < -0.4 is 15.5 Å². The Labute approximate surface area is 167 Å². The summed E-state index contributed by atoms with van der Waals surface area (Å²) in [6, 6.07) is 13.4. The molecule has 3 aromatic rings. The number of rotatable bonds is 6. The molecule has 7 nitrogen and oxygen atoms in total. The van der Waals surface area contributed by atoms with E-state index in [0.717, 1.165) is 16.5 Å². The number of nitrogens with zero attached hydrogens (tertiary/aromatic N) is 2. The Balaban J connectivity index is 2.23. The van der Waals surface area contributed by atoms with Gasteiger partial charge < -0.3 is 9.92 Å². The second-order valence-electron chi connectivity index (χ2n) is 6.55. The van der Waals surface area contributed by atoms with E-state index in [-0.39, 0.29) is 30.0 Å². The van der Waals surface area contributed by atoms with Gasteiger partial charge in [0.15, 0.2) is 0 Å². The maximum absolute atomic E-state index is 13.9. The fourth-order valence-corrected chi connectivity index (χ4v) is 3.39. The molecule has 1 heterocycles. The van der Waals surface area contributed by atoms with Crippen LogP contribution in [0.2, 0.25) is 0 Å². The van der Waals surface area contributed by atoms with Crippen molar-refractivity contribution in [2.24, 2.45) is 5.73 Å². The summed E-state index contributed by atoms with van der Waals surface area (Å²) in [5.74, 6) is -0.800. The van der Waals surface area contributed by atoms with E-state index in [1.165, 1.54) is 25.1 Å². The number of aromatic nitrogens is 2. The highest BCUT2D eigenvalue weighted by Crippen LogP contribution is 2.27. The first-order valence-corrected chi connectivity index (χ1v) is 10.5. The first-order valence-electron chi connectivity index (χ1n) is 8.73. The predicted octanol–water partition coefficient (Wildman–Crippen LogP) is 2.20. The number of halogens is 1. The molecule has 0 aliphatic carbocycles. The lowest BCUT2D eigenvalue weighted by molar-refractivity contribution is 0.477. The zero-order valence-electron chi connectivity index (χ0n) is 15.9. The van der Waals surface area contributed by atoms with Crippen molar-refractivity contribution < 1.29 is 17.0 Å². The first-order chi connectivity index (χ1) is 13.7. The van der Waals surface area contributed by atoms with Crippen LogP contribution in [0.4, 0.5) is 4.39 Å². The average molecular weight is 417 g/mol. The molecule has 2 aromatic carbocycles. The van der Waals surface area contributed by atoms with Gasteiger partial charge in [0, 0.05) is 23.2 Å². The number of nitrogens with two attached hydrogens (primary N) is 1. The molecular formula is C20H20FN3O4S. The van der Waals surface area contributed by atoms with E-state index in [1.54, 1.807) is 0 Å². The van der Waals surface area contributed by atoms with Crippen molar-refractivity contribution >= 4 is 10.1 Å². The SMILES string of the molecule is Cc1c(-c2ccc(F)c(CN)c2)nn(Cc2ccccc2)c(=O)c1OS(C)(=O)=O. The largest absolute Gasteiger partial charge is 0.376 e. The molecule has 2 N–H and O–H groups in total. The maximum Gasteiger partial charge on any atom is 0.311 e. The van der Waals surface area contributed by atoms with Crippen LogP contribution in [0.15, 0.2) is 53.3 Å². The highest BCUT2D eigenvalue weighted by molar-refractivity contribution is 7.86. The minimum absolute atomic E-state index is 0.0188. The van der Waals surface area contributed by atoms with Gasteiger partial charge in [-0.25, -0.2) is 9.07 Å². The van der Waals surface area contributed by atoms with E-state index in [1.807, 2.05) is 30.3 Å². The van der Waals surface area contributed by atoms with Crippen molar-refractivity contribution in [2.45, 2.75) is 20.0 Å². The van der Waals surface area contributed by atoms with Crippen molar-refractivity contribution in [3.63, 3.8) is 0 Å². The molecule has 152 valence electrons. The average Bonchev–Trinajstić information content (AvgIpc) is 2.68. The van der Waals surface area contributed by atoms with Crippen LogP contribution in [0, 0.1) is 12.7 Å². The third kappa shape index (κ3) is 4.69. The molecule has 1 aromatic heterocycles. The fraction of sp³-hybridized carbons (Fsp3) is 0.200. The van der Waals surface area contributed by atoms with Gasteiger partial charge in [0.2, 0.25) is 5.75 Å². The van der Waals surface area contributed by atoms with Crippen molar-refractivity contribution in [1.29, 1.82) is 0 Å². The van der Waals surface area contributed by atoms with E-state index in [2.05, 4.69) is 5.10 Å². The van der Waals surface area contributed by atoms with Crippen molar-refractivity contribution in [1.82, 2.24) is 9.78 Å². The molecule has 0 saturated carbocycles.